The molecule has 0 bridgehead atoms. The summed E-state index contributed by atoms with van der Waals surface area (Å²) in [6.45, 7) is 4.01. The Balaban J connectivity index is 2.13. The van der Waals surface area contributed by atoms with Crippen molar-refractivity contribution in [2.45, 2.75) is 13.8 Å². The van der Waals surface area contributed by atoms with Gasteiger partial charge >= 0.3 is 5.97 Å². The van der Waals surface area contributed by atoms with Gasteiger partial charge in [-0.2, -0.15) is 5.10 Å². The van der Waals surface area contributed by atoms with Crippen LogP contribution in [0.4, 0.5) is 0 Å². The van der Waals surface area contributed by atoms with Gasteiger partial charge in [-0.15, -0.1) is 5.10 Å². The van der Waals surface area contributed by atoms with Crippen LogP contribution in [0.3, 0.4) is 0 Å². The normalized spacial score (nSPS) is 18.0. The monoisotopic (exact) mass is 395 g/mol. The van der Waals surface area contributed by atoms with Gasteiger partial charge in [0.15, 0.2) is 5.17 Å². The molecule has 120 valence electrons. The molecule has 1 fully saturated rings. The van der Waals surface area contributed by atoms with Gasteiger partial charge in [0.05, 0.1) is 18.2 Å². The van der Waals surface area contributed by atoms with Gasteiger partial charge < -0.3 is 4.74 Å². The Morgan fingerprint density at radius 2 is 2.09 bits per heavy atom. The first-order valence-electron chi connectivity index (χ1n) is 6.58. The predicted molar refractivity (Wildman–Crippen MR) is 94.5 cm³/mol. The van der Waals surface area contributed by atoms with Crippen molar-refractivity contribution >= 4 is 51.0 Å². The zero-order valence-corrected chi connectivity index (χ0v) is 15.1. The summed E-state index contributed by atoms with van der Waals surface area (Å²) in [6, 6.07) is 3.87. The quantitative estimate of drug-likeness (QED) is 0.369. The van der Waals surface area contributed by atoms with E-state index in [9.17, 15) is 9.59 Å². The first-order valence-corrected chi connectivity index (χ1v) is 8.19. The first-order chi connectivity index (χ1) is 10.9. The van der Waals surface area contributed by atoms with E-state index in [2.05, 4.69) is 36.2 Å². The lowest BCUT2D eigenvalue weighted by Crippen LogP contribution is -2.19. The lowest BCUT2D eigenvalue weighted by Gasteiger charge is -2.05. The van der Waals surface area contributed by atoms with Crippen LogP contribution in [0.25, 0.3) is 0 Å². The number of rotatable bonds is 3. The van der Waals surface area contributed by atoms with Crippen molar-refractivity contribution in [3.63, 3.8) is 0 Å². The van der Waals surface area contributed by atoms with E-state index in [0.29, 0.717) is 5.17 Å². The Morgan fingerprint density at radius 3 is 2.78 bits per heavy atom. The molecule has 1 aliphatic heterocycles. The van der Waals surface area contributed by atoms with Crippen LogP contribution in [0, 0.1) is 13.8 Å². The van der Waals surface area contributed by atoms with Crippen LogP contribution in [0.5, 0.6) is 0 Å². The molecule has 1 N–H and O–H groups in total. The van der Waals surface area contributed by atoms with Crippen molar-refractivity contribution in [2.24, 2.45) is 10.2 Å². The van der Waals surface area contributed by atoms with Crippen molar-refractivity contribution in [1.82, 2.24) is 5.32 Å². The van der Waals surface area contributed by atoms with Crippen LogP contribution in [-0.4, -0.2) is 30.4 Å². The van der Waals surface area contributed by atoms with Gasteiger partial charge in [-0.25, -0.2) is 4.79 Å². The summed E-state index contributed by atoms with van der Waals surface area (Å²) in [6.07, 6.45) is 2.74. The topological polar surface area (TPSA) is 80.1 Å². The van der Waals surface area contributed by atoms with E-state index in [1.54, 1.807) is 6.21 Å². The van der Waals surface area contributed by atoms with Crippen molar-refractivity contribution < 1.29 is 14.3 Å². The van der Waals surface area contributed by atoms with Crippen LogP contribution in [0.2, 0.25) is 0 Å². The Labute approximate surface area is 146 Å². The molecule has 0 radical (unpaired) electrons. The number of methoxy groups -OCH3 is 1. The lowest BCUT2D eigenvalue weighted by atomic mass is 10.0. The Morgan fingerprint density at radius 1 is 1.35 bits per heavy atom. The number of carbonyl (C=O) groups excluding carboxylic acids is 2. The zero-order chi connectivity index (χ0) is 17.0. The van der Waals surface area contributed by atoms with Gasteiger partial charge in [-0.3, -0.25) is 10.1 Å². The number of halogens is 1. The summed E-state index contributed by atoms with van der Waals surface area (Å²) in [5, 5.41) is 10.8. The van der Waals surface area contributed by atoms with Crippen molar-refractivity contribution in [3.05, 3.63) is 44.3 Å². The molecule has 1 heterocycles. The molecule has 0 unspecified atom stereocenters. The van der Waals surface area contributed by atoms with Crippen LogP contribution >= 0.6 is 27.7 Å². The van der Waals surface area contributed by atoms with E-state index in [4.69, 9.17) is 0 Å². The third-order valence-corrected chi connectivity index (χ3v) is 4.97. The highest BCUT2D eigenvalue weighted by molar-refractivity contribution is 9.10. The highest BCUT2D eigenvalue weighted by atomic mass is 79.9. The standard InChI is InChI=1S/C15H14BrN3O3S/c1-8-9(2)11(16)5-4-10(8)7-17-19-15-18-14(21)12(23-15)6-13(20)22-3/h4-7H,1-3H3,(H,18,19,21)/b12-6+,17-7?. The predicted octanol–water partition coefficient (Wildman–Crippen LogP) is 2.68. The number of ether oxygens (including phenoxy) is 1. The average molecular weight is 396 g/mol. The van der Waals surface area contributed by atoms with Gasteiger partial charge in [0, 0.05) is 10.5 Å². The molecular weight excluding hydrogens is 382 g/mol. The fraction of sp³-hybridized carbons (Fsp3) is 0.200. The zero-order valence-electron chi connectivity index (χ0n) is 12.7. The number of esters is 1. The summed E-state index contributed by atoms with van der Waals surface area (Å²) in [4.78, 5) is 23.0. The van der Waals surface area contributed by atoms with E-state index < -0.39 is 11.9 Å². The van der Waals surface area contributed by atoms with E-state index in [1.807, 2.05) is 26.0 Å². The van der Waals surface area contributed by atoms with Gasteiger partial charge in [0.2, 0.25) is 0 Å². The highest BCUT2D eigenvalue weighted by Crippen LogP contribution is 2.24. The SMILES string of the molecule is COC(=O)/C=C1/S/C(=N\N=Cc2ccc(Br)c(C)c2C)NC1=O. The second-order valence-corrected chi connectivity index (χ2v) is 6.51. The van der Waals surface area contributed by atoms with Gasteiger partial charge in [-0.05, 0) is 48.4 Å². The van der Waals surface area contributed by atoms with Crippen LogP contribution < -0.4 is 5.32 Å². The third kappa shape index (κ3) is 4.29. The second kappa shape index (κ2) is 7.56. The average Bonchev–Trinajstić information content (AvgIpc) is 2.87. The number of carbonyl (C=O) groups is 2. The molecule has 2 rings (SSSR count). The summed E-state index contributed by atoms with van der Waals surface area (Å²) >= 11 is 4.51. The summed E-state index contributed by atoms with van der Waals surface area (Å²) in [5.41, 5.74) is 3.17. The van der Waals surface area contributed by atoms with Gasteiger partial charge in [-0.1, -0.05) is 22.0 Å². The molecule has 1 aromatic rings. The number of amides is 1. The Bertz CT molecular complexity index is 757. The molecule has 0 saturated carbocycles. The maximum atomic E-state index is 11.7. The van der Waals surface area contributed by atoms with E-state index in [-0.39, 0.29) is 4.91 Å². The van der Waals surface area contributed by atoms with Crippen molar-refractivity contribution in [1.29, 1.82) is 0 Å². The fourth-order valence-electron chi connectivity index (χ4n) is 1.73. The lowest BCUT2D eigenvalue weighted by molar-refractivity contribution is -0.135. The Kier molecular flexibility index (Phi) is 5.73. The summed E-state index contributed by atoms with van der Waals surface area (Å²) in [5.74, 6) is -0.988. The minimum absolute atomic E-state index is 0.224. The maximum Gasteiger partial charge on any atom is 0.331 e. The van der Waals surface area contributed by atoms with Gasteiger partial charge in [0.25, 0.3) is 5.91 Å². The van der Waals surface area contributed by atoms with E-state index in [0.717, 1.165) is 39.0 Å². The van der Waals surface area contributed by atoms with Crippen LogP contribution in [0.1, 0.15) is 16.7 Å². The molecule has 6 nitrogen and oxygen atoms in total. The largest absolute Gasteiger partial charge is 0.466 e. The smallest absolute Gasteiger partial charge is 0.331 e. The minimum Gasteiger partial charge on any atom is -0.466 e. The first kappa shape index (κ1) is 17.4. The van der Waals surface area contributed by atoms with E-state index in [1.165, 1.54) is 7.11 Å². The molecule has 0 spiro atoms. The number of hydrogen-bond donors (Lipinski definition) is 1. The molecule has 0 aliphatic carbocycles. The molecule has 23 heavy (non-hydrogen) atoms. The third-order valence-electron chi connectivity index (χ3n) is 3.21. The van der Waals surface area contributed by atoms with E-state index >= 15 is 0 Å². The molecule has 1 aromatic carbocycles. The number of hydrogen-bond acceptors (Lipinski definition) is 6. The number of thioether (sulfide) groups is 1. The Hall–Kier alpha value is -1.93. The van der Waals surface area contributed by atoms with Crippen LogP contribution in [-0.2, 0) is 14.3 Å². The molecular formula is C15H14BrN3O3S. The van der Waals surface area contributed by atoms with Crippen molar-refractivity contribution in [3.8, 4) is 0 Å². The number of nitrogens with one attached hydrogen (secondary N) is 1. The van der Waals surface area contributed by atoms with Crippen molar-refractivity contribution in [2.75, 3.05) is 7.11 Å². The fourth-order valence-corrected chi connectivity index (χ4v) is 2.90. The number of amidine groups is 1. The minimum atomic E-state index is -0.589. The molecule has 0 atom stereocenters. The maximum absolute atomic E-state index is 11.7. The molecule has 1 saturated heterocycles. The number of benzene rings is 1. The van der Waals surface area contributed by atoms with Crippen LogP contribution in [0.15, 0.2) is 37.8 Å². The van der Waals surface area contributed by atoms with Gasteiger partial charge in [0.1, 0.15) is 0 Å². The molecule has 0 aromatic heterocycles. The highest BCUT2D eigenvalue weighted by Gasteiger charge is 2.24. The second-order valence-electron chi connectivity index (χ2n) is 4.62. The molecule has 1 amide bonds. The number of nitrogens with zero attached hydrogens (tertiary/aromatic N) is 2. The summed E-state index contributed by atoms with van der Waals surface area (Å²) < 4.78 is 5.52. The molecule has 8 heteroatoms. The summed E-state index contributed by atoms with van der Waals surface area (Å²) in [7, 11) is 1.25. The molecule has 1 aliphatic rings.